The minimum atomic E-state index is -0.280. The van der Waals surface area contributed by atoms with Crippen LogP contribution < -0.4 is 9.47 Å². The minimum absolute atomic E-state index is 0.280. The van der Waals surface area contributed by atoms with Gasteiger partial charge >= 0.3 is 0 Å². The second-order valence-electron chi connectivity index (χ2n) is 4.22. The number of ether oxygens (including phenoxy) is 2. The predicted molar refractivity (Wildman–Crippen MR) is 86.0 cm³/mol. The Labute approximate surface area is 132 Å². The van der Waals surface area contributed by atoms with Crippen molar-refractivity contribution in [1.82, 2.24) is 0 Å². The third kappa shape index (κ3) is 3.28. The summed E-state index contributed by atoms with van der Waals surface area (Å²) in [6, 6.07) is 13.6. The highest BCUT2D eigenvalue weighted by Gasteiger charge is 2.18. The Morgan fingerprint density at radius 1 is 1.15 bits per heavy atom. The molecule has 2 rings (SSSR count). The SMILES string of the molecule is CCOc1ccccc1C(Cl)c1ccc(OC)cc1Br. The monoisotopic (exact) mass is 354 g/mol. The van der Waals surface area contributed by atoms with Crippen LogP contribution in [-0.2, 0) is 0 Å². The zero-order chi connectivity index (χ0) is 14.5. The van der Waals surface area contributed by atoms with Crippen LogP contribution in [0.3, 0.4) is 0 Å². The summed E-state index contributed by atoms with van der Waals surface area (Å²) in [5, 5.41) is -0.280. The molecule has 0 saturated heterocycles. The van der Waals surface area contributed by atoms with Crippen LogP contribution >= 0.6 is 27.5 Å². The zero-order valence-corrected chi connectivity index (χ0v) is 13.7. The lowest BCUT2D eigenvalue weighted by Gasteiger charge is -2.17. The van der Waals surface area contributed by atoms with Crippen molar-refractivity contribution in [3.05, 3.63) is 58.1 Å². The summed E-state index contributed by atoms with van der Waals surface area (Å²) in [6.45, 7) is 2.58. The third-order valence-corrected chi connectivity index (χ3v) is 4.13. The molecule has 0 saturated carbocycles. The molecule has 2 nitrogen and oxygen atoms in total. The van der Waals surface area contributed by atoms with Gasteiger partial charge in [0.25, 0.3) is 0 Å². The number of halogens is 2. The van der Waals surface area contributed by atoms with Crippen LogP contribution in [0.1, 0.15) is 23.4 Å². The largest absolute Gasteiger partial charge is 0.497 e. The van der Waals surface area contributed by atoms with Gasteiger partial charge in [0.15, 0.2) is 0 Å². The first kappa shape index (κ1) is 15.2. The summed E-state index contributed by atoms with van der Waals surface area (Å²) < 4.78 is 11.8. The van der Waals surface area contributed by atoms with Crippen molar-refractivity contribution in [2.45, 2.75) is 12.3 Å². The average Bonchev–Trinajstić information content (AvgIpc) is 2.47. The summed E-state index contributed by atoms with van der Waals surface area (Å²) in [4.78, 5) is 0. The number of para-hydroxylation sites is 1. The van der Waals surface area contributed by atoms with E-state index in [1.165, 1.54) is 0 Å². The molecule has 2 aromatic rings. The van der Waals surface area contributed by atoms with E-state index >= 15 is 0 Å². The van der Waals surface area contributed by atoms with Crippen LogP contribution in [0.25, 0.3) is 0 Å². The predicted octanol–water partition coefficient (Wildman–Crippen LogP) is 5.18. The van der Waals surface area contributed by atoms with Crippen LogP contribution in [0.2, 0.25) is 0 Å². The van der Waals surface area contributed by atoms with E-state index in [1.807, 2.05) is 49.4 Å². The molecule has 106 valence electrons. The minimum Gasteiger partial charge on any atom is -0.497 e. The van der Waals surface area contributed by atoms with E-state index in [4.69, 9.17) is 21.1 Å². The molecule has 0 amide bonds. The van der Waals surface area contributed by atoms with Gasteiger partial charge in [-0.15, -0.1) is 11.6 Å². The molecule has 0 bridgehead atoms. The van der Waals surface area contributed by atoms with Crippen molar-refractivity contribution in [3.63, 3.8) is 0 Å². The second kappa shape index (κ2) is 7.00. The van der Waals surface area contributed by atoms with Crippen molar-refractivity contribution >= 4 is 27.5 Å². The Bertz CT molecular complexity index is 586. The van der Waals surface area contributed by atoms with Gasteiger partial charge < -0.3 is 9.47 Å². The van der Waals surface area contributed by atoms with Gasteiger partial charge in [-0.1, -0.05) is 40.2 Å². The normalized spacial score (nSPS) is 12.0. The van der Waals surface area contributed by atoms with Gasteiger partial charge in [-0.3, -0.25) is 0 Å². The molecular formula is C16H16BrClO2. The van der Waals surface area contributed by atoms with Gasteiger partial charge in [0.2, 0.25) is 0 Å². The zero-order valence-electron chi connectivity index (χ0n) is 11.4. The van der Waals surface area contributed by atoms with E-state index < -0.39 is 0 Å². The lowest BCUT2D eigenvalue weighted by atomic mass is 10.0. The van der Waals surface area contributed by atoms with Gasteiger partial charge in [-0.05, 0) is 30.7 Å². The van der Waals surface area contributed by atoms with Crippen LogP contribution in [0.15, 0.2) is 46.9 Å². The topological polar surface area (TPSA) is 18.5 Å². The molecular weight excluding hydrogens is 340 g/mol. The molecule has 0 N–H and O–H groups in total. The summed E-state index contributed by atoms with van der Waals surface area (Å²) >= 11 is 10.2. The first-order valence-electron chi connectivity index (χ1n) is 6.36. The van der Waals surface area contributed by atoms with Gasteiger partial charge in [-0.25, -0.2) is 0 Å². The Hall–Kier alpha value is -1.19. The molecule has 2 aromatic carbocycles. The second-order valence-corrected chi connectivity index (χ2v) is 5.51. The Morgan fingerprint density at radius 2 is 1.90 bits per heavy atom. The molecule has 0 radical (unpaired) electrons. The van der Waals surface area contributed by atoms with E-state index in [0.29, 0.717) is 6.61 Å². The molecule has 0 spiro atoms. The smallest absolute Gasteiger partial charge is 0.124 e. The molecule has 0 aliphatic carbocycles. The Morgan fingerprint density at radius 3 is 2.55 bits per heavy atom. The Balaban J connectivity index is 2.38. The molecule has 1 unspecified atom stereocenters. The van der Waals surface area contributed by atoms with Crippen molar-refractivity contribution < 1.29 is 9.47 Å². The molecule has 0 aliphatic heterocycles. The quantitative estimate of drug-likeness (QED) is 0.688. The molecule has 0 aromatic heterocycles. The molecule has 20 heavy (non-hydrogen) atoms. The van der Waals surface area contributed by atoms with Crippen molar-refractivity contribution in [3.8, 4) is 11.5 Å². The van der Waals surface area contributed by atoms with Gasteiger partial charge in [0, 0.05) is 10.0 Å². The molecule has 4 heteroatoms. The highest BCUT2D eigenvalue weighted by molar-refractivity contribution is 9.10. The first-order chi connectivity index (χ1) is 9.67. The maximum absolute atomic E-state index is 6.62. The lowest BCUT2D eigenvalue weighted by Crippen LogP contribution is -2.01. The molecule has 0 fully saturated rings. The number of rotatable bonds is 5. The number of methoxy groups -OCH3 is 1. The number of alkyl halides is 1. The fourth-order valence-electron chi connectivity index (χ4n) is 1.98. The maximum atomic E-state index is 6.62. The fraction of sp³-hybridized carbons (Fsp3) is 0.250. The molecule has 0 heterocycles. The standard InChI is InChI=1S/C16H16BrClO2/c1-3-20-15-7-5-4-6-13(15)16(18)12-9-8-11(19-2)10-14(12)17/h4-10,16H,3H2,1-2H3. The van der Waals surface area contributed by atoms with Crippen LogP contribution in [0.5, 0.6) is 11.5 Å². The summed E-state index contributed by atoms with van der Waals surface area (Å²) in [5.41, 5.74) is 1.95. The lowest BCUT2D eigenvalue weighted by molar-refractivity contribution is 0.337. The van der Waals surface area contributed by atoms with E-state index in [1.54, 1.807) is 7.11 Å². The highest BCUT2D eigenvalue weighted by Crippen LogP contribution is 2.39. The summed E-state index contributed by atoms with van der Waals surface area (Å²) in [5.74, 6) is 1.61. The molecule has 0 aliphatic rings. The van der Waals surface area contributed by atoms with Crippen molar-refractivity contribution in [1.29, 1.82) is 0 Å². The van der Waals surface area contributed by atoms with Crippen LogP contribution in [0, 0.1) is 0 Å². The van der Waals surface area contributed by atoms with Crippen molar-refractivity contribution in [2.75, 3.05) is 13.7 Å². The van der Waals surface area contributed by atoms with Crippen LogP contribution in [-0.4, -0.2) is 13.7 Å². The van der Waals surface area contributed by atoms with E-state index in [2.05, 4.69) is 15.9 Å². The first-order valence-corrected chi connectivity index (χ1v) is 7.59. The maximum Gasteiger partial charge on any atom is 0.124 e. The van der Waals surface area contributed by atoms with Gasteiger partial charge in [0.1, 0.15) is 11.5 Å². The molecule has 1 atom stereocenters. The van der Waals surface area contributed by atoms with E-state index in [-0.39, 0.29) is 5.38 Å². The van der Waals surface area contributed by atoms with E-state index in [0.717, 1.165) is 27.1 Å². The number of hydrogen-bond acceptors (Lipinski definition) is 2. The summed E-state index contributed by atoms with van der Waals surface area (Å²) in [7, 11) is 1.64. The number of benzene rings is 2. The van der Waals surface area contributed by atoms with Gasteiger partial charge in [0.05, 0.1) is 19.1 Å². The summed E-state index contributed by atoms with van der Waals surface area (Å²) in [6.07, 6.45) is 0. The highest BCUT2D eigenvalue weighted by atomic mass is 79.9. The Kier molecular flexibility index (Phi) is 5.32. The number of hydrogen-bond donors (Lipinski definition) is 0. The third-order valence-electron chi connectivity index (χ3n) is 2.97. The average molecular weight is 356 g/mol. The van der Waals surface area contributed by atoms with Crippen molar-refractivity contribution in [2.24, 2.45) is 0 Å². The van der Waals surface area contributed by atoms with Gasteiger partial charge in [-0.2, -0.15) is 0 Å². The van der Waals surface area contributed by atoms with Crippen LogP contribution in [0.4, 0.5) is 0 Å². The fourth-order valence-corrected chi connectivity index (χ4v) is 3.07. The van der Waals surface area contributed by atoms with E-state index in [9.17, 15) is 0 Å².